The molecule has 1 aliphatic rings. The van der Waals surface area contributed by atoms with Crippen molar-refractivity contribution in [1.29, 1.82) is 0 Å². The minimum Gasteiger partial charge on any atom is -0.459 e. The molecule has 0 aromatic heterocycles. The minimum absolute atomic E-state index is 0.111. The Morgan fingerprint density at radius 2 is 1.87 bits per heavy atom. The number of benzene rings is 1. The van der Waals surface area contributed by atoms with Crippen molar-refractivity contribution in [3.63, 3.8) is 0 Å². The summed E-state index contributed by atoms with van der Waals surface area (Å²) in [6.07, 6.45) is 13.2. The molecule has 0 unspecified atom stereocenters. The number of ether oxygens (including phenoxy) is 1. The van der Waals surface area contributed by atoms with Gasteiger partial charge in [-0.3, -0.25) is 0 Å². The minimum atomic E-state index is -0.220. The Balaban J connectivity index is 1.69. The van der Waals surface area contributed by atoms with Crippen molar-refractivity contribution in [3.05, 3.63) is 40.4 Å². The topological polar surface area (TPSA) is 26.3 Å². The second-order valence-electron chi connectivity index (χ2n) is 6.46. The van der Waals surface area contributed by atoms with Crippen LogP contribution >= 0.6 is 15.9 Å². The van der Waals surface area contributed by atoms with E-state index in [4.69, 9.17) is 4.74 Å². The van der Waals surface area contributed by atoms with E-state index in [9.17, 15) is 4.79 Å². The van der Waals surface area contributed by atoms with Gasteiger partial charge < -0.3 is 4.74 Å². The summed E-state index contributed by atoms with van der Waals surface area (Å²) in [5.41, 5.74) is 1.00. The molecule has 0 amide bonds. The van der Waals surface area contributed by atoms with E-state index in [1.807, 2.05) is 30.3 Å². The van der Waals surface area contributed by atoms with Crippen molar-refractivity contribution in [3.8, 4) is 0 Å². The number of halogens is 1. The summed E-state index contributed by atoms with van der Waals surface area (Å²) in [6, 6.07) is 7.86. The van der Waals surface area contributed by atoms with Crippen LogP contribution in [0.1, 0.15) is 63.9 Å². The Morgan fingerprint density at radius 3 is 2.52 bits per heavy atom. The highest BCUT2D eigenvalue weighted by Gasteiger charge is 2.22. The summed E-state index contributed by atoms with van der Waals surface area (Å²) in [6.45, 7) is 2.25. The lowest BCUT2D eigenvalue weighted by Gasteiger charge is -2.28. The van der Waals surface area contributed by atoms with E-state index in [-0.39, 0.29) is 12.1 Å². The fourth-order valence-corrected chi connectivity index (χ4v) is 3.43. The van der Waals surface area contributed by atoms with Gasteiger partial charge in [0.25, 0.3) is 0 Å². The SMILES string of the molecule is CCCCCC1CCC(OC(=O)C=Cc2ccc(Br)cc2)CC1. The molecule has 1 fully saturated rings. The third-order valence-electron chi connectivity index (χ3n) is 4.57. The largest absolute Gasteiger partial charge is 0.459 e. The number of esters is 1. The highest BCUT2D eigenvalue weighted by molar-refractivity contribution is 9.10. The summed E-state index contributed by atoms with van der Waals surface area (Å²) in [5, 5.41) is 0. The molecular formula is C20H27BrO2. The number of carbonyl (C=O) groups excluding carboxylic acids is 1. The van der Waals surface area contributed by atoms with E-state index in [1.165, 1.54) is 44.6 Å². The number of carbonyl (C=O) groups is 1. The fourth-order valence-electron chi connectivity index (χ4n) is 3.16. The lowest BCUT2D eigenvalue weighted by molar-refractivity contribution is -0.144. The summed E-state index contributed by atoms with van der Waals surface area (Å²) in [5.74, 6) is 0.622. The number of rotatable bonds is 7. The molecule has 1 aliphatic carbocycles. The normalized spacial score (nSPS) is 21.5. The summed E-state index contributed by atoms with van der Waals surface area (Å²) >= 11 is 3.40. The summed E-state index contributed by atoms with van der Waals surface area (Å²) < 4.78 is 6.61. The van der Waals surface area contributed by atoms with Crippen molar-refractivity contribution in [2.75, 3.05) is 0 Å². The molecule has 1 aromatic rings. The molecule has 126 valence electrons. The molecule has 0 radical (unpaired) electrons. The molecule has 0 bridgehead atoms. The van der Waals surface area contributed by atoms with E-state index >= 15 is 0 Å². The molecule has 0 atom stereocenters. The molecule has 0 saturated heterocycles. The van der Waals surface area contributed by atoms with Crippen LogP contribution in [0.2, 0.25) is 0 Å². The van der Waals surface area contributed by atoms with Crippen molar-refractivity contribution >= 4 is 28.0 Å². The zero-order chi connectivity index (χ0) is 16.5. The van der Waals surface area contributed by atoms with Gasteiger partial charge in [-0.1, -0.05) is 60.7 Å². The molecule has 2 rings (SSSR count). The van der Waals surface area contributed by atoms with Crippen LogP contribution in [-0.2, 0) is 9.53 Å². The smallest absolute Gasteiger partial charge is 0.331 e. The maximum atomic E-state index is 11.9. The van der Waals surface area contributed by atoms with Gasteiger partial charge in [0.05, 0.1) is 0 Å². The molecule has 0 aliphatic heterocycles. The average Bonchev–Trinajstić information content (AvgIpc) is 2.56. The average molecular weight is 379 g/mol. The molecule has 1 aromatic carbocycles. The van der Waals surface area contributed by atoms with Crippen molar-refractivity contribution in [2.24, 2.45) is 5.92 Å². The zero-order valence-corrected chi connectivity index (χ0v) is 15.6. The van der Waals surface area contributed by atoms with Crippen LogP contribution in [0.5, 0.6) is 0 Å². The van der Waals surface area contributed by atoms with Crippen LogP contribution in [0.3, 0.4) is 0 Å². The number of unbranched alkanes of at least 4 members (excludes halogenated alkanes) is 2. The Bertz CT molecular complexity index is 499. The quantitative estimate of drug-likeness (QED) is 0.323. The van der Waals surface area contributed by atoms with Crippen LogP contribution in [0.15, 0.2) is 34.8 Å². The maximum Gasteiger partial charge on any atom is 0.331 e. The monoisotopic (exact) mass is 378 g/mol. The lowest BCUT2D eigenvalue weighted by atomic mass is 9.84. The van der Waals surface area contributed by atoms with Crippen molar-refractivity contribution in [1.82, 2.24) is 0 Å². The van der Waals surface area contributed by atoms with Gasteiger partial charge in [-0.25, -0.2) is 4.79 Å². The lowest BCUT2D eigenvalue weighted by Crippen LogP contribution is -2.23. The summed E-state index contributed by atoms with van der Waals surface area (Å²) in [4.78, 5) is 11.9. The maximum absolute atomic E-state index is 11.9. The fraction of sp³-hybridized carbons (Fsp3) is 0.550. The number of hydrogen-bond donors (Lipinski definition) is 0. The Kier molecular flexibility index (Phi) is 7.87. The van der Waals surface area contributed by atoms with Crippen LogP contribution in [0, 0.1) is 5.92 Å². The molecule has 0 heterocycles. The Morgan fingerprint density at radius 1 is 1.17 bits per heavy atom. The van der Waals surface area contributed by atoms with Crippen LogP contribution in [-0.4, -0.2) is 12.1 Å². The van der Waals surface area contributed by atoms with E-state index < -0.39 is 0 Å². The first kappa shape index (κ1) is 18.3. The standard InChI is InChI=1S/C20H27BrO2/c1-2-3-4-5-16-8-13-19(14-9-16)23-20(22)15-10-17-6-11-18(21)12-7-17/h6-7,10-12,15-16,19H,2-5,8-9,13-14H2,1H3. The molecule has 0 spiro atoms. The summed E-state index contributed by atoms with van der Waals surface area (Å²) in [7, 11) is 0. The zero-order valence-electron chi connectivity index (χ0n) is 14.0. The van der Waals surface area contributed by atoms with Crippen LogP contribution in [0.25, 0.3) is 6.08 Å². The molecule has 2 nitrogen and oxygen atoms in total. The van der Waals surface area contributed by atoms with E-state index in [2.05, 4.69) is 22.9 Å². The van der Waals surface area contributed by atoms with Crippen molar-refractivity contribution < 1.29 is 9.53 Å². The molecule has 1 saturated carbocycles. The van der Waals surface area contributed by atoms with Gasteiger partial charge >= 0.3 is 5.97 Å². The highest BCUT2D eigenvalue weighted by atomic mass is 79.9. The van der Waals surface area contributed by atoms with Crippen molar-refractivity contribution in [2.45, 2.75) is 64.4 Å². The van der Waals surface area contributed by atoms with Gasteiger partial charge in [-0.2, -0.15) is 0 Å². The predicted molar refractivity (Wildman–Crippen MR) is 99.2 cm³/mol. The van der Waals surface area contributed by atoms with Gasteiger partial charge in [-0.05, 0) is 55.4 Å². The van der Waals surface area contributed by atoms with Gasteiger partial charge in [0.15, 0.2) is 0 Å². The van der Waals surface area contributed by atoms with E-state index in [0.29, 0.717) is 0 Å². The molecular weight excluding hydrogens is 352 g/mol. The van der Waals surface area contributed by atoms with Gasteiger partial charge in [0.2, 0.25) is 0 Å². The second-order valence-corrected chi connectivity index (χ2v) is 7.38. The third kappa shape index (κ3) is 6.90. The van der Waals surface area contributed by atoms with Gasteiger partial charge in [-0.15, -0.1) is 0 Å². The first-order chi connectivity index (χ1) is 11.2. The van der Waals surface area contributed by atoms with Crippen LogP contribution < -0.4 is 0 Å². The Labute approximate surface area is 148 Å². The number of hydrogen-bond acceptors (Lipinski definition) is 2. The molecule has 0 N–H and O–H groups in total. The molecule has 23 heavy (non-hydrogen) atoms. The first-order valence-corrected chi connectivity index (χ1v) is 9.61. The van der Waals surface area contributed by atoms with Gasteiger partial charge in [0.1, 0.15) is 6.10 Å². The van der Waals surface area contributed by atoms with Gasteiger partial charge in [0, 0.05) is 10.5 Å². The van der Waals surface area contributed by atoms with Crippen LogP contribution in [0.4, 0.5) is 0 Å². The highest BCUT2D eigenvalue weighted by Crippen LogP contribution is 2.30. The third-order valence-corrected chi connectivity index (χ3v) is 5.10. The molecule has 3 heteroatoms. The van der Waals surface area contributed by atoms with E-state index in [1.54, 1.807) is 0 Å². The second kappa shape index (κ2) is 9.92. The predicted octanol–water partition coefficient (Wildman–Crippen LogP) is 6.14. The first-order valence-electron chi connectivity index (χ1n) is 8.81. The Hall–Kier alpha value is -1.09. The van der Waals surface area contributed by atoms with E-state index in [0.717, 1.165) is 28.8 Å².